The van der Waals surface area contributed by atoms with Crippen molar-refractivity contribution in [3.05, 3.63) is 105 Å². The third-order valence-corrected chi connectivity index (χ3v) is 6.42. The van der Waals surface area contributed by atoms with Gasteiger partial charge in [0.15, 0.2) is 0 Å². The van der Waals surface area contributed by atoms with Crippen molar-refractivity contribution in [2.45, 2.75) is 12.0 Å². The lowest BCUT2D eigenvalue weighted by molar-refractivity contribution is -0.125. The minimum absolute atomic E-state index is 0.0598. The van der Waals surface area contributed by atoms with Crippen molar-refractivity contribution in [1.29, 1.82) is 0 Å². The molecule has 0 bridgehead atoms. The second-order valence-corrected chi connectivity index (χ2v) is 8.89. The maximum absolute atomic E-state index is 13.9. The third-order valence-electron chi connectivity index (χ3n) is 5.92. The molecule has 32 heavy (non-hydrogen) atoms. The summed E-state index contributed by atoms with van der Waals surface area (Å²) < 4.78 is 27.7. The molecule has 4 rings (SSSR count). The van der Waals surface area contributed by atoms with Crippen LogP contribution in [-0.4, -0.2) is 30.9 Å². The second kappa shape index (κ2) is 9.57. The molecule has 3 nitrogen and oxygen atoms in total. The zero-order valence-electron chi connectivity index (χ0n) is 17.4. The van der Waals surface area contributed by atoms with Gasteiger partial charge in [-0.2, -0.15) is 0 Å². The summed E-state index contributed by atoms with van der Waals surface area (Å²) in [6.45, 7) is 1.18. The normalized spacial score (nSPS) is 15.4. The highest BCUT2D eigenvalue weighted by Gasteiger charge is 2.41. The van der Waals surface area contributed by atoms with E-state index in [9.17, 15) is 13.6 Å². The number of rotatable bonds is 6. The molecule has 0 aliphatic carbocycles. The summed E-state index contributed by atoms with van der Waals surface area (Å²) in [5, 5.41) is 3.94. The van der Waals surface area contributed by atoms with Gasteiger partial charge in [0.05, 0.1) is 12.0 Å². The summed E-state index contributed by atoms with van der Waals surface area (Å²) in [4.78, 5) is 14.9. The molecule has 3 aromatic carbocycles. The molecule has 166 valence electrons. The van der Waals surface area contributed by atoms with Gasteiger partial charge in [-0.3, -0.25) is 9.69 Å². The quantitative estimate of drug-likeness (QED) is 0.487. The van der Waals surface area contributed by atoms with Gasteiger partial charge in [-0.15, -0.1) is 0 Å². The van der Waals surface area contributed by atoms with E-state index in [1.165, 1.54) is 19.2 Å². The molecule has 1 atom stereocenters. The molecule has 1 aliphatic heterocycles. The van der Waals surface area contributed by atoms with Crippen molar-refractivity contribution in [2.24, 2.45) is 5.92 Å². The predicted molar refractivity (Wildman–Crippen MR) is 123 cm³/mol. The molecule has 0 aromatic heterocycles. The SMILES string of the molecule is CNC(=O)[C@H](c1cc(F)cc(F)c1)C1CN(C(c2ccc(Cl)cc2)c2ccc(Cl)cc2)C1. The van der Waals surface area contributed by atoms with Crippen molar-refractivity contribution in [3.63, 3.8) is 0 Å². The largest absolute Gasteiger partial charge is 0.359 e. The summed E-state index contributed by atoms with van der Waals surface area (Å²) in [6.07, 6.45) is 0. The van der Waals surface area contributed by atoms with Crippen LogP contribution in [0, 0.1) is 17.6 Å². The highest BCUT2D eigenvalue weighted by Crippen LogP contribution is 2.40. The lowest BCUT2D eigenvalue weighted by atomic mass is 9.78. The van der Waals surface area contributed by atoms with Crippen LogP contribution in [0.5, 0.6) is 0 Å². The van der Waals surface area contributed by atoms with E-state index in [1.807, 2.05) is 48.5 Å². The van der Waals surface area contributed by atoms with E-state index in [-0.39, 0.29) is 17.9 Å². The summed E-state index contributed by atoms with van der Waals surface area (Å²) in [6, 6.07) is 18.5. The van der Waals surface area contributed by atoms with E-state index in [0.717, 1.165) is 17.2 Å². The summed E-state index contributed by atoms with van der Waals surface area (Å²) >= 11 is 12.2. The highest BCUT2D eigenvalue weighted by molar-refractivity contribution is 6.30. The van der Waals surface area contributed by atoms with E-state index >= 15 is 0 Å². The molecule has 1 amide bonds. The number of likely N-dealkylation sites (N-methyl/N-ethyl adjacent to an activating group) is 1. The predicted octanol–water partition coefficient (Wildman–Crippen LogP) is 5.82. The first-order chi connectivity index (χ1) is 15.4. The van der Waals surface area contributed by atoms with Crippen LogP contribution in [0.1, 0.15) is 28.7 Å². The van der Waals surface area contributed by atoms with Crippen molar-refractivity contribution in [1.82, 2.24) is 10.2 Å². The zero-order chi connectivity index (χ0) is 22.8. The number of hydrogen-bond acceptors (Lipinski definition) is 2. The molecule has 0 saturated carbocycles. The van der Waals surface area contributed by atoms with Gasteiger partial charge >= 0.3 is 0 Å². The average Bonchev–Trinajstić information content (AvgIpc) is 2.73. The first kappa shape index (κ1) is 22.7. The number of halogens is 4. The molecule has 1 fully saturated rings. The van der Waals surface area contributed by atoms with E-state index in [1.54, 1.807) is 0 Å². The Hall–Kier alpha value is -2.47. The van der Waals surface area contributed by atoms with Gasteiger partial charge in [0.25, 0.3) is 0 Å². The number of nitrogens with zero attached hydrogens (tertiary/aromatic N) is 1. The fourth-order valence-corrected chi connectivity index (χ4v) is 4.67. The standard InChI is InChI=1S/C25H22Cl2F2N2O/c1-30-25(32)23(17-10-21(28)12-22(29)11-17)18-13-31(14-18)24(15-2-6-19(26)7-3-15)16-4-8-20(27)9-5-16/h2-12,18,23-24H,13-14H2,1H3,(H,30,32)/t23-/m1/s1. The topological polar surface area (TPSA) is 32.3 Å². The fourth-order valence-electron chi connectivity index (χ4n) is 4.42. The zero-order valence-corrected chi connectivity index (χ0v) is 18.9. The Labute approximate surface area is 196 Å². The highest BCUT2D eigenvalue weighted by atomic mass is 35.5. The van der Waals surface area contributed by atoms with Gasteiger partial charge in [-0.05, 0) is 53.1 Å². The Morgan fingerprint density at radius 2 is 1.34 bits per heavy atom. The number of benzene rings is 3. The van der Waals surface area contributed by atoms with Gasteiger partial charge in [0.1, 0.15) is 11.6 Å². The molecule has 1 saturated heterocycles. The van der Waals surface area contributed by atoms with E-state index in [2.05, 4.69) is 10.2 Å². The monoisotopic (exact) mass is 474 g/mol. The van der Waals surface area contributed by atoms with E-state index in [0.29, 0.717) is 28.7 Å². The molecular weight excluding hydrogens is 453 g/mol. The van der Waals surface area contributed by atoms with Crippen LogP contribution < -0.4 is 5.32 Å². The lowest BCUT2D eigenvalue weighted by Crippen LogP contribution is -2.53. The van der Waals surface area contributed by atoms with Gasteiger partial charge in [0, 0.05) is 42.2 Å². The van der Waals surface area contributed by atoms with Crippen molar-refractivity contribution in [3.8, 4) is 0 Å². The first-order valence-corrected chi connectivity index (χ1v) is 11.0. The molecule has 0 spiro atoms. The maximum Gasteiger partial charge on any atom is 0.227 e. The number of carbonyl (C=O) groups excluding carboxylic acids is 1. The number of likely N-dealkylation sites (tertiary alicyclic amines) is 1. The molecule has 1 heterocycles. The van der Waals surface area contributed by atoms with Crippen LogP contribution in [0.15, 0.2) is 66.7 Å². The molecular formula is C25H22Cl2F2N2O. The van der Waals surface area contributed by atoms with Crippen LogP contribution in [0.4, 0.5) is 8.78 Å². The summed E-state index contributed by atoms with van der Waals surface area (Å²) in [7, 11) is 1.53. The van der Waals surface area contributed by atoms with Crippen molar-refractivity contribution < 1.29 is 13.6 Å². The Morgan fingerprint density at radius 3 is 1.78 bits per heavy atom. The van der Waals surface area contributed by atoms with Crippen LogP contribution >= 0.6 is 23.2 Å². The molecule has 0 unspecified atom stereocenters. The Kier molecular flexibility index (Phi) is 6.79. The number of amides is 1. The third kappa shape index (κ3) is 4.80. The molecule has 7 heteroatoms. The molecule has 0 radical (unpaired) electrons. The molecule has 3 aromatic rings. The van der Waals surface area contributed by atoms with Gasteiger partial charge in [0.2, 0.25) is 5.91 Å². The second-order valence-electron chi connectivity index (χ2n) is 8.01. The van der Waals surface area contributed by atoms with Crippen LogP contribution in [0.25, 0.3) is 0 Å². The smallest absolute Gasteiger partial charge is 0.227 e. The number of carbonyl (C=O) groups is 1. The fraction of sp³-hybridized carbons (Fsp3) is 0.240. The van der Waals surface area contributed by atoms with Crippen LogP contribution in [0.3, 0.4) is 0 Å². The van der Waals surface area contributed by atoms with Gasteiger partial charge < -0.3 is 5.32 Å². The van der Waals surface area contributed by atoms with Crippen LogP contribution in [-0.2, 0) is 4.79 Å². The van der Waals surface area contributed by atoms with Crippen molar-refractivity contribution in [2.75, 3.05) is 20.1 Å². The lowest BCUT2D eigenvalue weighted by Gasteiger charge is -2.47. The van der Waals surface area contributed by atoms with Crippen molar-refractivity contribution >= 4 is 29.1 Å². The Bertz CT molecular complexity index is 1030. The summed E-state index contributed by atoms with van der Waals surface area (Å²) in [5.74, 6) is -2.36. The summed E-state index contributed by atoms with van der Waals surface area (Å²) in [5.41, 5.74) is 2.47. The van der Waals surface area contributed by atoms with E-state index < -0.39 is 17.6 Å². The molecule has 1 N–H and O–H groups in total. The maximum atomic E-state index is 13.9. The number of hydrogen-bond donors (Lipinski definition) is 1. The minimum atomic E-state index is -0.690. The van der Waals surface area contributed by atoms with Gasteiger partial charge in [-0.1, -0.05) is 47.5 Å². The van der Waals surface area contributed by atoms with Crippen LogP contribution in [0.2, 0.25) is 10.0 Å². The average molecular weight is 475 g/mol. The van der Waals surface area contributed by atoms with Gasteiger partial charge in [-0.25, -0.2) is 8.78 Å². The first-order valence-electron chi connectivity index (χ1n) is 10.3. The van der Waals surface area contributed by atoms with E-state index in [4.69, 9.17) is 23.2 Å². The Morgan fingerprint density at radius 1 is 0.875 bits per heavy atom. The number of nitrogens with one attached hydrogen (secondary N) is 1. The molecule has 1 aliphatic rings. The minimum Gasteiger partial charge on any atom is -0.359 e. The Balaban J connectivity index is 1.62.